The molecule has 0 aliphatic carbocycles. The van der Waals surface area contributed by atoms with Crippen LogP contribution >= 0.6 is 35.0 Å². The molecule has 170 valence electrons. The van der Waals surface area contributed by atoms with Gasteiger partial charge in [-0.1, -0.05) is 23.2 Å². The highest BCUT2D eigenvalue weighted by Gasteiger charge is 2.64. The highest BCUT2D eigenvalue weighted by atomic mass is 35.5. The Kier molecular flexibility index (Phi) is 11.3. The summed E-state index contributed by atoms with van der Waals surface area (Å²) in [6.07, 6.45) is -5.16. The molecular formula is C14H22Cl3NO11. The summed E-state index contributed by atoms with van der Waals surface area (Å²) >= 11 is 16.9. The van der Waals surface area contributed by atoms with E-state index in [0.29, 0.717) is 0 Å². The summed E-state index contributed by atoms with van der Waals surface area (Å²) in [5.74, 6) is -4.03. The third-order valence-corrected chi connectivity index (χ3v) is 4.11. The van der Waals surface area contributed by atoms with Crippen molar-refractivity contribution in [3.8, 4) is 0 Å². The van der Waals surface area contributed by atoms with Gasteiger partial charge in [0.2, 0.25) is 11.7 Å². The zero-order valence-electron chi connectivity index (χ0n) is 17.1. The van der Waals surface area contributed by atoms with Gasteiger partial charge < -0.3 is 9.47 Å². The Morgan fingerprint density at radius 3 is 2.14 bits per heavy atom. The number of hydrogen-bond acceptors (Lipinski definition) is 12. The Morgan fingerprint density at radius 1 is 1.10 bits per heavy atom. The minimum Gasteiger partial charge on any atom is -0.435 e. The maximum atomic E-state index is 12.7. The Hall–Kier alpha value is -0.350. The predicted octanol–water partition coefficient (Wildman–Crippen LogP) is 1.46. The van der Waals surface area contributed by atoms with E-state index in [1.54, 1.807) is 0 Å². The first kappa shape index (κ1) is 24.9. The molecule has 1 fully saturated rings. The summed E-state index contributed by atoms with van der Waals surface area (Å²) in [6, 6.07) is 0. The van der Waals surface area contributed by atoms with Gasteiger partial charge in [-0.3, -0.25) is 4.79 Å². The molecular weight excluding hydrogens is 465 g/mol. The smallest absolute Gasteiger partial charge is 0.304 e. The summed E-state index contributed by atoms with van der Waals surface area (Å²) in [6.45, 7) is 0.773. The van der Waals surface area contributed by atoms with Crippen molar-refractivity contribution in [2.45, 2.75) is 41.9 Å². The quantitative estimate of drug-likeness (QED) is 0.131. The van der Waals surface area contributed by atoms with Crippen molar-refractivity contribution in [1.82, 2.24) is 0 Å². The van der Waals surface area contributed by atoms with E-state index in [2.05, 4.69) is 9.40 Å². The second-order valence-corrected chi connectivity index (χ2v) is 6.34. The van der Waals surface area contributed by atoms with E-state index >= 15 is 0 Å². The van der Waals surface area contributed by atoms with Gasteiger partial charge in [0.25, 0.3) is 0 Å². The van der Waals surface area contributed by atoms with E-state index < -0.39 is 46.7 Å². The van der Waals surface area contributed by atoms with Gasteiger partial charge in [0, 0.05) is 18.7 Å². The molecule has 1 heterocycles. The number of nitrogens with zero attached hydrogens (tertiary/aromatic N) is 1. The maximum Gasteiger partial charge on any atom is 0.304 e. The summed E-state index contributed by atoms with van der Waals surface area (Å²) < 4.78 is 22.2. The van der Waals surface area contributed by atoms with Crippen LogP contribution in [0, 0.1) is 0 Å². The predicted molar refractivity (Wildman–Crippen MR) is 96.8 cm³/mol. The SMILES string of the molecule is [2H]C(Cl)(Cl)C(=NCl)OC1(C(C)=O)O[C@H](COOC)[C@@H](OOC)[C@H](OOC)[C@@H]1OOC. The fourth-order valence-electron chi connectivity index (χ4n) is 2.56. The van der Waals surface area contributed by atoms with E-state index in [9.17, 15) is 4.79 Å². The number of halogens is 3. The Balaban J connectivity index is 3.57. The van der Waals surface area contributed by atoms with Crippen molar-refractivity contribution in [1.29, 1.82) is 0 Å². The van der Waals surface area contributed by atoms with Crippen molar-refractivity contribution in [2.75, 3.05) is 35.0 Å². The van der Waals surface area contributed by atoms with Crippen molar-refractivity contribution < 1.29 is 54.7 Å². The maximum absolute atomic E-state index is 12.7. The van der Waals surface area contributed by atoms with Crippen LogP contribution in [0.1, 0.15) is 8.29 Å². The molecule has 0 aromatic rings. The van der Waals surface area contributed by atoms with Crippen LogP contribution in [0.5, 0.6) is 0 Å². The van der Waals surface area contributed by atoms with Crippen LogP contribution in [0.3, 0.4) is 0 Å². The second-order valence-electron chi connectivity index (χ2n) is 5.22. The van der Waals surface area contributed by atoms with Gasteiger partial charge >= 0.3 is 5.79 Å². The average molecular weight is 488 g/mol. The molecule has 0 N–H and O–H groups in total. The summed E-state index contributed by atoms with van der Waals surface area (Å²) in [4.78, 5) is 49.5. The van der Waals surface area contributed by atoms with Gasteiger partial charge in [-0.05, 0) is 0 Å². The van der Waals surface area contributed by atoms with Crippen LogP contribution in [0.2, 0.25) is 0 Å². The third kappa shape index (κ3) is 6.56. The molecule has 0 bridgehead atoms. The van der Waals surface area contributed by atoms with E-state index in [-0.39, 0.29) is 6.61 Å². The summed E-state index contributed by atoms with van der Waals surface area (Å²) in [7, 11) is 4.81. The zero-order valence-corrected chi connectivity index (χ0v) is 18.4. The minimum atomic E-state index is -2.50. The standard InChI is InChI=1S/C14H22Cl3NO11/c1-7(19)14(26-13(18-17)12(15)16)11(29-23-5)10(28-22-4)9(27-21-3)8(25-14)6-24-20-2/h8-12H,6H2,1-5H3/t8-,9-,10+,11+,14?/m1/s1/i12D. The molecule has 1 unspecified atom stereocenters. The lowest BCUT2D eigenvalue weighted by molar-refractivity contribution is -0.479. The zero-order chi connectivity index (χ0) is 22.9. The van der Waals surface area contributed by atoms with Gasteiger partial charge in [-0.15, -0.1) is 4.51 Å². The topological polar surface area (TPSA) is 122 Å². The molecule has 5 atom stereocenters. The van der Waals surface area contributed by atoms with Crippen LogP contribution in [0.15, 0.2) is 4.51 Å². The number of Topliss-reactive ketones (excluding diaryl/α,β-unsaturated/α-hetero) is 1. The van der Waals surface area contributed by atoms with Crippen LogP contribution in [0.4, 0.5) is 0 Å². The fourth-order valence-corrected chi connectivity index (χ4v) is 2.92. The Labute approximate surface area is 183 Å². The summed E-state index contributed by atoms with van der Waals surface area (Å²) in [5.41, 5.74) is 0. The van der Waals surface area contributed by atoms with E-state index in [1.165, 1.54) is 21.3 Å². The number of ether oxygens (including phenoxy) is 2. The number of ketones is 1. The molecule has 1 aliphatic rings. The van der Waals surface area contributed by atoms with Crippen molar-refractivity contribution in [3.05, 3.63) is 0 Å². The Bertz CT molecular complexity index is 582. The second kappa shape index (κ2) is 13.1. The van der Waals surface area contributed by atoms with E-state index in [4.69, 9.17) is 80.0 Å². The molecule has 1 rings (SSSR count). The number of carbonyl (C=O) groups excluding carboxylic acids is 1. The molecule has 0 saturated carbocycles. The van der Waals surface area contributed by atoms with Gasteiger partial charge in [-0.25, -0.2) is 39.1 Å². The molecule has 0 spiro atoms. The number of alkyl halides is 2. The molecule has 15 heteroatoms. The van der Waals surface area contributed by atoms with Crippen LogP contribution in [0.25, 0.3) is 0 Å². The molecule has 1 aliphatic heterocycles. The number of carbonyl (C=O) groups is 1. The van der Waals surface area contributed by atoms with Crippen LogP contribution in [-0.4, -0.2) is 81.7 Å². The summed E-state index contributed by atoms with van der Waals surface area (Å²) in [5, 5.41) is 0. The monoisotopic (exact) mass is 486 g/mol. The van der Waals surface area contributed by atoms with Crippen molar-refractivity contribution >= 4 is 46.7 Å². The fraction of sp³-hybridized carbons (Fsp3) is 0.857. The van der Waals surface area contributed by atoms with E-state index in [0.717, 1.165) is 14.0 Å². The van der Waals surface area contributed by atoms with Crippen molar-refractivity contribution in [3.63, 3.8) is 0 Å². The molecule has 0 aromatic carbocycles. The highest BCUT2D eigenvalue weighted by molar-refractivity contribution is 6.54. The molecule has 12 nitrogen and oxygen atoms in total. The van der Waals surface area contributed by atoms with Gasteiger partial charge in [0.1, 0.15) is 12.7 Å². The van der Waals surface area contributed by atoms with Crippen molar-refractivity contribution in [2.24, 2.45) is 4.51 Å². The molecule has 0 radical (unpaired) electrons. The number of rotatable bonds is 12. The lowest BCUT2D eigenvalue weighted by Crippen LogP contribution is -2.71. The van der Waals surface area contributed by atoms with Gasteiger partial charge in [0.05, 0.1) is 29.8 Å². The highest BCUT2D eigenvalue weighted by Crippen LogP contribution is 2.38. The normalized spacial score (nSPS) is 31.4. The largest absolute Gasteiger partial charge is 0.435 e. The average Bonchev–Trinajstić information content (AvgIpc) is 2.67. The molecule has 0 aromatic heterocycles. The first-order chi connectivity index (χ1) is 14.1. The molecule has 29 heavy (non-hydrogen) atoms. The lowest BCUT2D eigenvalue weighted by atomic mass is 9.90. The minimum absolute atomic E-state index is 0.312. The van der Waals surface area contributed by atoms with E-state index in [1.807, 2.05) is 0 Å². The number of hydrogen-bond donors (Lipinski definition) is 0. The lowest BCUT2D eigenvalue weighted by Gasteiger charge is -2.48. The molecule has 0 amide bonds. The first-order valence-electron chi connectivity index (χ1n) is 8.32. The Morgan fingerprint density at radius 2 is 1.69 bits per heavy atom. The third-order valence-electron chi connectivity index (χ3n) is 3.63. The van der Waals surface area contributed by atoms with Crippen LogP contribution in [-0.2, 0) is 53.4 Å². The van der Waals surface area contributed by atoms with Gasteiger partial charge in [-0.2, -0.15) is 0 Å². The van der Waals surface area contributed by atoms with Crippen LogP contribution < -0.4 is 0 Å². The molecule has 1 saturated heterocycles. The van der Waals surface area contributed by atoms with Gasteiger partial charge in [0.15, 0.2) is 23.1 Å². The first-order valence-corrected chi connectivity index (χ1v) is 8.91.